The number of thiazole rings is 1. The van der Waals surface area contributed by atoms with E-state index in [1.165, 1.54) is 11.3 Å². The predicted octanol–water partition coefficient (Wildman–Crippen LogP) is 3.54. The Morgan fingerprint density at radius 1 is 1.11 bits per heavy atom. The molecule has 27 heavy (non-hydrogen) atoms. The molecule has 1 aromatic heterocycles. The average Bonchev–Trinajstić information content (AvgIpc) is 2.79. The fourth-order valence-corrected chi connectivity index (χ4v) is 3.34. The van der Waals surface area contributed by atoms with E-state index in [1.54, 1.807) is 46.9 Å². The molecule has 11 heteroatoms. The lowest BCUT2D eigenvalue weighted by Crippen LogP contribution is -2.44. The molecule has 0 spiro atoms. The maximum absolute atomic E-state index is 12.4. The second-order valence-electron chi connectivity index (χ2n) is 7.92. The van der Waals surface area contributed by atoms with E-state index in [9.17, 15) is 14.2 Å². The zero-order chi connectivity index (χ0) is 21.0. The van der Waals surface area contributed by atoms with Crippen molar-refractivity contribution in [1.29, 1.82) is 0 Å². The summed E-state index contributed by atoms with van der Waals surface area (Å²) < 4.78 is 21.6. The lowest BCUT2D eigenvalue weighted by atomic mass is 10.2. The molecule has 0 saturated carbocycles. The van der Waals surface area contributed by atoms with Gasteiger partial charge in [0.15, 0.2) is 0 Å². The summed E-state index contributed by atoms with van der Waals surface area (Å²) in [6, 6.07) is 0. The Morgan fingerprint density at radius 2 is 1.59 bits per heavy atom. The second kappa shape index (κ2) is 8.68. The van der Waals surface area contributed by atoms with Crippen LogP contribution in [-0.2, 0) is 26.6 Å². The van der Waals surface area contributed by atoms with Gasteiger partial charge in [0.1, 0.15) is 11.2 Å². The minimum atomic E-state index is -4.21. The van der Waals surface area contributed by atoms with Gasteiger partial charge in [0.25, 0.3) is 0 Å². The zero-order valence-electron chi connectivity index (χ0n) is 16.4. The number of ether oxygens (including phenoxy) is 2. The summed E-state index contributed by atoms with van der Waals surface area (Å²) in [5.74, 6) is 0. The monoisotopic (exact) mass is 422 g/mol. The fraction of sp³-hybridized carbons (Fsp3) is 0.688. The van der Waals surface area contributed by atoms with Crippen LogP contribution in [0.3, 0.4) is 0 Å². The number of carbonyl (C=O) groups is 2. The summed E-state index contributed by atoms with van der Waals surface area (Å²) in [5.41, 5.74) is -1.30. The third-order valence-corrected chi connectivity index (χ3v) is 4.44. The van der Waals surface area contributed by atoms with Crippen molar-refractivity contribution < 1.29 is 33.4 Å². The van der Waals surface area contributed by atoms with Crippen LogP contribution in [-0.4, -0.2) is 49.6 Å². The molecule has 0 aromatic carbocycles. The summed E-state index contributed by atoms with van der Waals surface area (Å²) in [6.07, 6.45) is -1.90. The van der Waals surface area contributed by atoms with Gasteiger partial charge in [0.05, 0.1) is 16.9 Å². The molecule has 0 atom stereocenters. The topological polar surface area (TPSA) is 126 Å². The van der Waals surface area contributed by atoms with Gasteiger partial charge < -0.3 is 19.3 Å². The molecule has 0 radical (unpaired) electrons. The van der Waals surface area contributed by atoms with E-state index in [1.807, 2.05) is 0 Å². The molecule has 1 aromatic rings. The number of carbonyl (C=O) groups excluding carboxylic acids is 2. The van der Waals surface area contributed by atoms with E-state index in [-0.39, 0.29) is 18.7 Å². The summed E-state index contributed by atoms with van der Waals surface area (Å²) in [6.45, 7) is 10.1. The first kappa shape index (κ1) is 23.6. The van der Waals surface area contributed by atoms with Gasteiger partial charge in [-0.3, -0.25) is 4.57 Å². The van der Waals surface area contributed by atoms with Crippen molar-refractivity contribution in [3.63, 3.8) is 0 Å². The Labute approximate surface area is 162 Å². The van der Waals surface area contributed by atoms with Crippen molar-refractivity contribution in [3.8, 4) is 0 Å². The first-order valence-corrected chi connectivity index (χ1v) is 10.9. The maximum Gasteiger partial charge on any atom is 0.419 e. The van der Waals surface area contributed by atoms with E-state index in [4.69, 9.17) is 19.3 Å². The highest BCUT2D eigenvalue weighted by Gasteiger charge is 2.31. The SMILES string of the molecule is CC(C)(C)OC(=O)N(CCc1nc(CP(=O)(O)O)cs1)C(=O)OC(C)(C)C. The maximum atomic E-state index is 12.4. The van der Waals surface area contributed by atoms with Crippen LogP contribution in [0.25, 0.3) is 0 Å². The molecule has 0 bridgehead atoms. The van der Waals surface area contributed by atoms with Crippen LogP contribution in [0, 0.1) is 0 Å². The number of imide groups is 1. The molecule has 0 aliphatic heterocycles. The Bertz CT molecular complexity index is 687. The second-order valence-corrected chi connectivity index (χ2v) is 10.5. The van der Waals surface area contributed by atoms with Gasteiger partial charge in [-0.2, -0.15) is 0 Å². The van der Waals surface area contributed by atoms with Crippen LogP contribution in [0.15, 0.2) is 5.38 Å². The number of hydrogen-bond donors (Lipinski definition) is 2. The first-order chi connectivity index (χ1) is 12.1. The van der Waals surface area contributed by atoms with Gasteiger partial charge in [-0.1, -0.05) is 0 Å². The number of rotatable bonds is 5. The summed E-state index contributed by atoms with van der Waals surface area (Å²) in [4.78, 5) is 47.8. The molecular formula is C16H27N2O7PS. The van der Waals surface area contributed by atoms with Gasteiger partial charge in [0, 0.05) is 18.3 Å². The third-order valence-electron chi connectivity index (χ3n) is 2.74. The van der Waals surface area contributed by atoms with Crippen LogP contribution in [0.4, 0.5) is 9.59 Å². The van der Waals surface area contributed by atoms with E-state index in [0.29, 0.717) is 5.01 Å². The van der Waals surface area contributed by atoms with E-state index in [2.05, 4.69) is 4.98 Å². The van der Waals surface area contributed by atoms with Crippen molar-refractivity contribution in [3.05, 3.63) is 16.1 Å². The molecule has 1 heterocycles. The van der Waals surface area contributed by atoms with Crippen molar-refractivity contribution in [2.45, 2.75) is 65.3 Å². The van der Waals surface area contributed by atoms with Crippen molar-refractivity contribution >= 4 is 31.1 Å². The molecule has 2 N–H and O–H groups in total. The van der Waals surface area contributed by atoms with Crippen LogP contribution < -0.4 is 0 Å². The number of hydrogen-bond acceptors (Lipinski definition) is 7. The smallest absolute Gasteiger partial charge is 0.419 e. The van der Waals surface area contributed by atoms with Crippen molar-refractivity contribution in [2.75, 3.05) is 6.54 Å². The van der Waals surface area contributed by atoms with Gasteiger partial charge in [-0.25, -0.2) is 19.5 Å². The van der Waals surface area contributed by atoms with Crippen LogP contribution in [0.2, 0.25) is 0 Å². The molecule has 0 aliphatic rings. The molecule has 0 saturated heterocycles. The third kappa shape index (κ3) is 9.86. The van der Waals surface area contributed by atoms with E-state index < -0.39 is 37.1 Å². The Balaban J connectivity index is 2.86. The predicted molar refractivity (Wildman–Crippen MR) is 101 cm³/mol. The lowest BCUT2D eigenvalue weighted by Gasteiger charge is -2.28. The largest absolute Gasteiger partial charge is 0.443 e. The van der Waals surface area contributed by atoms with Crippen molar-refractivity contribution in [2.24, 2.45) is 0 Å². The zero-order valence-corrected chi connectivity index (χ0v) is 18.1. The molecule has 0 unspecified atom stereocenters. The average molecular weight is 422 g/mol. The molecule has 154 valence electrons. The van der Waals surface area contributed by atoms with Crippen LogP contribution >= 0.6 is 18.9 Å². The van der Waals surface area contributed by atoms with Gasteiger partial charge in [0.2, 0.25) is 0 Å². The highest BCUT2D eigenvalue weighted by Crippen LogP contribution is 2.39. The minimum absolute atomic E-state index is 0.0350. The van der Waals surface area contributed by atoms with Gasteiger partial charge >= 0.3 is 19.8 Å². The molecule has 0 fully saturated rings. The number of aromatic nitrogens is 1. The molecule has 1 rings (SSSR count). The minimum Gasteiger partial charge on any atom is -0.443 e. The van der Waals surface area contributed by atoms with Crippen LogP contribution in [0.1, 0.15) is 52.2 Å². The first-order valence-electron chi connectivity index (χ1n) is 8.27. The number of nitrogens with zero attached hydrogens (tertiary/aromatic N) is 2. The summed E-state index contributed by atoms with van der Waals surface area (Å²) in [5, 5.41) is 2.08. The van der Waals surface area contributed by atoms with Gasteiger partial charge in [-0.05, 0) is 41.5 Å². The van der Waals surface area contributed by atoms with Gasteiger partial charge in [-0.15, -0.1) is 11.3 Å². The molecule has 2 amide bonds. The Morgan fingerprint density at radius 3 is 2.00 bits per heavy atom. The standard InChI is InChI=1S/C16H27N2O7PS/c1-15(2,3)24-13(19)18(14(20)25-16(4,5)6)8-7-12-17-11(10-27-12)9-26(21,22)23/h10H,7-9H2,1-6H3,(H2,21,22,23). The summed E-state index contributed by atoms with van der Waals surface area (Å²) in [7, 11) is -4.21. The van der Waals surface area contributed by atoms with Crippen LogP contribution in [0.5, 0.6) is 0 Å². The van der Waals surface area contributed by atoms with E-state index >= 15 is 0 Å². The lowest BCUT2D eigenvalue weighted by molar-refractivity contribution is 0.00170. The quantitative estimate of drug-likeness (QED) is 0.690. The summed E-state index contributed by atoms with van der Waals surface area (Å²) >= 11 is 1.20. The highest BCUT2D eigenvalue weighted by atomic mass is 32.1. The molecule has 0 aliphatic carbocycles. The van der Waals surface area contributed by atoms with Crippen molar-refractivity contribution in [1.82, 2.24) is 9.88 Å². The number of amides is 2. The molecular weight excluding hydrogens is 395 g/mol. The Hall–Kier alpha value is -1.48. The Kier molecular flexibility index (Phi) is 7.58. The fourth-order valence-electron chi connectivity index (χ4n) is 1.85. The van der Waals surface area contributed by atoms with E-state index in [0.717, 1.165) is 4.90 Å². The molecule has 9 nitrogen and oxygen atoms in total. The highest BCUT2D eigenvalue weighted by molar-refractivity contribution is 7.50. The normalized spacial score (nSPS) is 12.6.